The van der Waals surface area contributed by atoms with E-state index >= 15 is 0 Å². The summed E-state index contributed by atoms with van der Waals surface area (Å²) in [5, 5.41) is 9.88. The van der Waals surface area contributed by atoms with Gasteiger partial charge in [-0.25, -0.2) is 4.39 Å². The predicted octanol–water partition coefficient (Wildman–Crippen LogP) is 1.39. The van der Waals surface area contributed by atoms with Crippen LogP contribution in [-0.4, -0.2) is 28.6 Å². The van der Waals surface area contributed by atoms with E-state index in [0.717, 1.165) is 16.7 Å². The largest absolute Gasteiger partial charge is 0.550 e. The maximum atomic E-state index is 12.8. The van der Waals surface area contributed by atoms with Crippen molar-refractivity contribution >= 4 is 35.0 Å². The van der Waals surface area contributed by atoms with Crippen molar-refractivity contribution < 1.29 is 23.9 Å². The van der Waals surface area contributed by atoms with Crippen LogP contribution in [0.5, 0.6) is 0 Å². The molecule has 0 aliphatic carbocycles. The van der Waals surface area contributed by atoms with Gasteiger partial charge in [0, 0.05) is 12.5 Å². The molecular formula is C14H11FNO4S-. The molecular weight excluding hydrogens is 297 g/mol. The molecule has 0 bridgehead atoms. The first-order valence-electron chi connectivity index (χ1n) is 6.18. The summed E-state index contributed by atoms with van der Waals surface area (Å²) in [6, 6.07) is 5.52. The van der Waals surface area contributed by atoms with E-state index in [1.807, 2.05) is 0 Å². The van der Waals surface area contributed by atoms with Gasteiger partial charge in [0.05, 0.1) is 4.91 Å². The Labute approximate surface area is 124 Å². The summed E-state index contributed by atoms with van der Waals surface area (Å²) in [5.41, 5.74) is 0.608. The molecule has 1 aromatic carbocycles. The quantitative estimate of drug-likeness (QED) is 0.768. The van der Waals surface area contributed by atoms with Crippen LogP contribution in [0.15, 0.2) is 29.2 Å². The highest BCUT2D eigenvalue weighted by Gasteiger charge is 2.34. The average Bonchev–Trinajstić information content (AvgIpc) is 2.68. The van der Waals surface area contributed by atoms with E-state index in [1.54, 1.807) is 0 Å². The lowest BCUT2D eigenvalue weighted by molar-refractivity contribution is -0.305. The Morgan fingerprint density at radius 1 is 1.29 bits per heavy atom. The Morgan fingerprint density at radius 3 is 2.57 bits per heavy atom. The van der Waals surface area contributed by atoms with Gasteiger partial charge in [0.1, 0.15) is 5.82 Å². The standard InChI is InChI=1S/C14H12FNO4S/c15-10-5-3-9(4-6-10)8-11-13(19)16(14(20)21-11)7-1-2-12(17)18/h3-6,8H,1-2,7H2,(H,17,18)/p-1/b11-8+. The lowest BCUT2D eigenvalue weighted by Crippen LogP contribution is -2.30. The number of carbonyl (C=O) groups excluding carboxylic acids is 3. The van der Waals surface area contributed by atoms with Crippen molar-refractivity contribution in [2.45, 2.75) is 12.8 Å². The summed E-state index contributed by atoms with van der Waals surface area (Å²) >= 11 is 0.781. The fraction of sp³-hybridized carbons (Fsp3) is 0.214. The number of carboxylic acids is 1. The van der Waals surface area contributed by atoms with Gasteiger partial charge in [-0.05, 0) is 48.4 Å². The molecule has 2 rings (SSSR count). The highest BCUT2D eigenvalue weighted by molar-refractivity contribution is 8.18. The summed E-state index contributed by atoms with van der Waals surface area (Å²) in [5.74, 6) is -2.07. The summed E-state index contributed by atoms with van der Waals surface area (Å²) in [6.07, 6.45) is 1.45. The van der Waals surface area contributed by atoms with Gasteiger partial charge >= 0.3 is 0 Å². The van der Waals surface area contributed by atoms with E-state index < -0.39 is 17.1 Å². The molecule has 1 fully saturated rings. The second-order valence-corrected chi connectivity index (χ2v) is 5.35. The van der Waals surface area contributed by atoms with Gasteiger partial charge in [-0.1, -0.05) is 12.1 Å². The van der Waals surface area contributed by atoms with Crippen molar-refractivity contribution in [1.29, 1.82) is 0 Å². The minimum atomic E-state index is -1.22. The molecule has 0 atom stereocenters. The van der Waals surface area contributed by atoms with Crippen LogP contribution in [0.4, 0.5) is 9.18 Å². The maximum Gasteiger partial charge on any atom is 0.293 e. The van der Waals surface area contributed by atoms with Crippen LogP contribution in [0.3, 0.4) is 0 Å². The van der Waals surface area contributed by atoms with E-state index in [1.165, 1.54) is 30.3 Å². The molecule has 5 nitrogen and oxygen atoms in total. The summed E-state index contributed by atoms with van der Waals surface area (Å²) in [4.78, 5) is 35.3. The number of hydrogen-bond donors (Lipinski definition) is 0. The van der Waals surface area contributed by atoms with E-state index in [2.05, 4.69) is 0 Å². The van der Waals surface area contributed by atoms with Crippen LogP contribution in [0.2, 0.25) is 0 Å². The first kappa shape index (κ1) is 15.2. The van der Waals surface area contributed by atoms with Gasteiger partial charge in [0.2, 0.25) is 0 Å². The second kappa shape index (κ2) is 6.53. The Bertz CT molecular complexity index is 612. The van der Waals surface area contributed by atoms with Crippen molar-refractivity contribution in [3.8, 4) is 0 Å². The summed E-state index contributed by atoms with van der Waals surface area (Å²) in [6.45, 7) is 0.0411. The van der Waals surface area contributed by atoms with Gasteiger partial charge < -0.3 is 9.90 Å². The molecule has 1 aliphatic rings. The third-order valence-corrected chi connectivity index (χ3v) is 3.71. The van der Waals surface area contributed by atoms with Crippen molar-refractivity contribution in [2.75, 3.05) is 6.54 Å². The molecule has 1 aliphatic heterocycles. The van der Waals surface area contributed by atoms with Gasteiger partial charge in [-0.2, -0.15) is 0 Å². The molecule has 21 heavy (non-hydrogen) atoms. The third-order valence-electron chi connectivity index (χ3n) is 2.80. The molecule has 1 heterocycles. The minimum absolute atomic E-state index is 0.0411. The number of halogens is 1. The van der Waals surface area contributed by atoms with Gasteiger partial charge in [-0.3, -0.25) is 14.5 Å². The second-order valence-electron chi connectivity index (χ2n) is 4.36. The van der Waals surface area contributed by atoms with Crippen molar-refractivity contribution in [2.24, 2.45) is 0 Å². The number of amides is 2. The fourth-order valence-electron chi connectivity index (χ4n) is 1.78. The van der Waals surface area contributed by atoms with Crippen LogP contribution in [-0.2, 0) is 9.59 Å². The SMILES string of the molecule is O=C([O-])CCCN1C(=O)S/C(=C/c2ccc(F)cc2)C1=O. The molecule has 0 N–H and O–H groups in total. The zero-order chi connectivity index (χ0) is 15.4. The van der Waals surface area contributed by atoms with Crippen LogP contribution in [0.25, 0.3) is 6.08 Å². The smallest absolute Gasteiger partial charge is 0.293 e. The number of nitrogens with zero attached hydrogens (tertiary/aromatic N) is 1. The van der Waals surface area contributed by atoms with Crippen LogP contribution >= 0.6 is 11.8 Å². The van der Waals surface area contributed by atoms with Crippen molar-refractivity contribution in [3.05, 3.63) is 40.6 Å². The van der Waals surface area contributed by atoms with E-state index in [9.17, 15) is 23.9 Å². The number of hydrogen-bond acceptors (Lipinski definition) is 5. The van der Waals surface area contributed by atoms with Gasteiger partial charge in [0.15, 0.2) is 0 Å². The van der Waals surface area contributed by atoms with Crippen LogP contribution < -0.4 is 5.11 Å². The highest BCUT2D eigenvalue weighted by Crippen LogP contribution is 2.32. The third kappa shape index (κ3) is 3.91. The van der Waals surface area contributed by atoms with Crippen molar-refractivity contribution in [1.82, 2.24) is 4.90 Å². The first-order valence-corrected chi connectivity index (χ1v) is 7.00. The maximum absolute atomic E-state index is 12.8. The number of rotatable bonds is 5. The number of carbonyl (C=O) groups is 3. The molecule has 0 spiro atoms. The zero-order valence-corrected chi connectivity index (χ0v) is 11.7. The molecule has 0 aromatic heterocycles. The number of aliphatic carboxylic acids is 1. The van der Waals surface area contributed by atoms with E-state index in [-0.39, 0.29) is 30.1 Å². The molecule has 0 saturated carbocycles. The normalized spacial score (nSPS) is 16.8. The van der Waals surface area contributed by atoms with Crippen molar-refractivity contribution in [3.63, 3.8) is 0 Å². The molecule has 1 saturated heterocycles. The fourth-order valence-corrected chi connectivity index (χ4v) is 2.65. The Morgan fingerprint density at radius 2 is 1.95 bits per heavy atom. The monoisotopic (exact) mass is 308 g/mol. The highest BCUT2D eigenvalue weighted by atomic mass is 32.2. The Hall–Kier alpha value is -2.15. The molecule has 2 amide bonds. The molecule has 0 radical (unpaired) electrons. The summed E-state index contributed by atoms with van der Waals surface area (Å²) < 4.78 is 12.8. The number of imide groups is 1. The molecule has 0 unspecified atom stereocenters. The predicted molar refractivity (Wildman–Crippen MR) is 73.3 cm³/mol. The van der Waals surface area contributed by atoms with Gasteiger partial charge in [-0.15, -0.1) is 0 Å². The Balaban J connectivity index is 2.06. The molecule has 110 valence electrons. The number of thioether (sulfide) groups is 1. The molecule has 1 aromatic rings. The lowest BCUT2D eigenvalue weighted by atomic mass is 10.2. The van der Waals surface area contributed by atoms with E-state index in [0.29, 0.717) is 5.56 Å². The van der Waals surface area contributed by atoms with Gasteiger partial charge in [0.25, 0.3) is 11.1 Å². The zero-order valence-electron chi connectivity index (χ0n) is 10.9. The Kier molecular flexibility index (Phi) is 4.74. The average molecular weight is 308 g/mol. The number of carboxylic acid groups (broad SMARTS) is 1. The molecule has 7 heteroatoms. The number of benzene rings is 1. The van der Waals surface area contributed by atoms with E-state index in [4.69, 9.17) is 0 Å². The minimum Gasteiger partial charge on any atom is -0.550 e. The summed E-state index contributed by atoms with van der Waals surface area (Å²) in [7, 11) is 0. The van der Waals surface area contributed by atoms with Crippen LogP contribution in [0.1, 0.15) is 18.4 Å². The lowest BCUT2D eigenvalue weighted by Gasteiger charge is -2.12. The first-order chi connectivity index (χ1) is 9.97. The van der Waals surface area contributed by atoms with Crippen LogP contribution in [0, 0.1) is 5.82 Å². The topological polar surface area (TPSA) is 77.5 Å².